The summed E-state index contributed by atoms with van der Waals surface area (Å²) in [6.45, 7) is 1.81. The van der Waals surface area contributed by atoms with Crippen LogP contribution in [0.3, 0.4) is 0 Å². The number of aliphatic hydroxyl groups is 1. The Kier molecular flexibility index (Phi) is 4.02. The third-order valence-corrected chi connectivity index (χ3v) is 3.12. The highest BCUT2D eigenvalue weighted by Crippen LogP contribution is 2.31. The van der Waals surface area contributed by atoms with E-state index >= 15 is 0 Å². The molecule has 2 N–H and O–H groups in total. The fourth-order valence-corrected chi connectivity index (χ4v) is 1.95. The number of hydrogen-bond acceptors (Lipinski definition) is 2. The third-order valence-electron chi connectivity index (χ3n) is 3.12. The summed E-state index contributed by atoms with van der Waals surface area (Å²) in [5.74, 6) is -0.744. The Morgan fingerprint density at radius 2 is 2.07 bits per heavy atom. The Morgan fingerprint density at radius 1 is 1.53 bits per heavy atom. The number of aliphatic hydroxyl groups excluding tert-OH is 1. The van der Waals surface area contributed by atoms with E-state index in [9.17, 15) is 18.7 Å². The molecule has 0 bridgehead atoms. The molecule has 0 saturated heterocycles. The largest absolute Gasteiger partial charge is 0.394 e. The average Bonchev–Trinajstić information content (AvgIpc) is 2.21. The summed E-state index contributed by atoms with van der Waals surface area (Å²) in [4.78, 5) is 10.9. The highest BCUT2D eigenvalue weighted by molar-refractivity contribution is 5.79. The van der Waals surface area contributed by atoms with Gasteiger partial charge in [-0.2, -0.15) is 8.78 Å². The molecule has 1 fully saturated rings. The molecule has 0 unspecified atom stereocenters. The zero-order valence-corrected chi connectivity index (χ0v) is 8.80. The molecular weight excluding hydrogens is 204 g/mol. The van der Waals surface area contributed by atoms with Crippen LogP contribution < -0.4 is 5.32 Å². The van der Waals surface area contributed by atoms with Crippen LogP contribution >= 0.6 is 0 Å². The maximum absolute atomic E-state index is 12.1. The van der Waals surface area contributed by atoms with E-state index in [1.807, 2.05) is 0 Å². The van der Waals surface area contributed by atoms with Gasteiger partial charge < -0.3 is 10.4 Å². The molecule has 0 atom stereocenters. The van der Waals surface area contributed by atoms with Gasteiger partial charge in [-0.25, -0.2) is 0 Å². The van der Waals surface area contributed by atoms with Gasteiger partial charge >= 0.3 is 6.43 Å². The maximum atomic E-state index is 12.1. The summed E-state index contributed by atoms with van der Waals surface area (Å²) in [7, 11) is 0. The number of carbonyl (C=O) groups excluding carboxylic acids is 1. The first kappa shape index (κ1) is 12.4. The number of rotatable bonds is 3. The minimum atomic E-state index is -3.01. The first-order chi connectivity index (χ1) is 6.99. The van der Waals surface area contributed by atoms with E-state index in [4.69, 9.17) is 0 Å². The predicted molar refractivity (Wildman–Crippen MR) is 51.6 cm³/mol. The van der Waals surface area contributed by atoms with Crippen molar-refractivity contribution in [2.24, 2.45) is 5.92 Å². The van der Waals surface area contributed by atoms with Gasteiger partial charge in [0, 0.05) is 0 Å². The Balaban J connectivity index is 2.57. The van der Waals surface area contributed by atoms with Gasteiger partial charge in [0.1, 0.15) is 0 Å². The van der Waals surface area contributed by atoms with Gasteiger partial charge in [-0.05, 0) is 31.6 Å². The van der Waals surface area contributed by atoms with Crippen LogP contribution in [0.15, 0.2) is 0 Å². The van der Waals surface area contributed by atoms with Gasteiger partial charge in [-0.1, -0.05) is 6.92 Å². The van der Waals surface area contributed by atoms with Gasteiger partial charge in [-0.3, -0.25) is 4.79 Å². The lowest BCUT2D eigenvalue weighted by Crippen LogP contribution is -2.54. The maximum Gasteiger partial charge on any atom is 0.315 e. The number of alkyl halides is 2. The SMILES string of the molecule is CC1CCC(CO)(NC(=O)C(F)F)CC1. The molecule has 0 aromatic carbocycles. The van der Waals surface area contributed by atoms with E-state index < -0.39 is 17.9 Å². The quantitative estimate of drug-likeness (QED) is 0.755. The molecule has 1 saturated carbocycles. The Hall–Kier alpha value is -0.710. The Bertz CT molecular complexity index is 225. The van der Waals surface area contributed by atoms with Crippen molar-refractivity contribution >= 4 is 5.91 Å². The smallest absolute Gasteiger partial charge is 0.315 e. The summed E-state index contributed by atoms with van der Waals surface area (Å²) in [6, 6.07) is 0. The van der Waals surface area contributed by atoms with Crippen molar-refractivity contribution in [2.45, 2.75) is 44.6 Å². The lowest BCUT2D eigenvalue weighted by molar-refractivity contribution is -0.135. The molecule has 0 heterocycles. The first-order valence-electron chi connectivity index (χ1n) is 5.20. The van der Waals surface area contributed by atoms with E-state index in [0.29, 0.717) is 18.8 Å². The van der Waals surface area contributed by atoms with Crippen molar-refractivity contribution in [3.05, 3.63) is 0 Å². The highest BCUT2D eigenvalue weighted by Gasteiger charge is 2.36. The van der Waals surface area contributed by atoms with E-state index in [-0.39, 0.29) is 6.61 Å². The molecule has 15 heavy (non-hydrogen) atoms. The molecule has 1 aliphatic rings. The standard InChI is InChI=1S/C10H17F2NO2/c1-7-2-4-10(6-14,5-3-7)13-9(15)8(11)12/h7-8,14H,2-6H2,1H3,(H,13,15). The lowest BCUT2D eigenvalue weighted by Gasteiger charge is -2.38. The van der Waals surface area contributed by atoms with E-state index in [1.54, 1.807) is 0 Å². The zero-order chi connectivity index (χ0) is 11.5. The Morgan fingerprint density at radius 3 is 2.47 bits per heavy atom. The summed E-state index contributed by atoms with van der Waals surface area (Å²) >= 11 is 0. The summed E-state index contributed by atoms with van der Waals surface area (Å²) in [6.07, 6.45) is -0.159. The van der Waals surface area contributed by atoms with Crippen LogP contribution in [0.1, 0.15) is 32.6 Å². The molecule has 5 heteroatoms. The van der Waals surface area contributed by atoms with Crippen molar-refractivity contribution in [1.29, 1.82) is 0 Å². The van der Waals surface area contributed by atoms with Crippen LogP contribution in [0.2, 0.25) is 0 Å². The summed E-state index contributed by atoms with van der Waals surface area (Å²) in [5, 5.41) is 11.5. The van der Waals surface area contributed by atoms with E-state index in [2.05, 4.69) is 12.2 Å². The monoisotopic (exact) mass is 221 g/mol. The topological polar surface area (TPSA) is 49.3 Å². The van der Waals surface area contributed by atoms with Gasteiger partial charge in [0.25, 0.3) is 5.91 Å². The second-order valence-corrected chi connectivity index (χ2v) is 4.41. The van der Waals surface area contributed by atoms with Crippen molar-refractivity contribution < 1.29 is 18.7 Å². The molecular formula is C10H17F2NO2. The average molecular weight is 221 g/mol. The molecule has 0 radical (unpaired) electrons. The fourth-order valence-electron chi connectivity index (χ4n) is 1.95. The molecule has 0 aromatic rings. The molecule has 1 rings (SSSR count). The van der Waals surface area contributed by atoms with Gasteiger partial charge in [0.2, 0.25) is 0 Å². The number of hydrogen-bond donors (Lipinski definition) is 2. The predicted octanol–water partition coefficient (Wildman–Crippen LogP) is 1.31. The van der Waals surface area contributed by atoms with Gasteiger partial charge in [-0.15, -0.1) is 0 Å². The minimum absolute atomic E-state index is 0.266. The van der Waals surface area contributed by atoms with Crippen LogP contribution in [0.25, 0.3) is 0 Å². The molecule has 0 aromatic heterocycles. The number of carbonyl (C=O) groups is 1. The highest BCUT2D eigenvalue weighted by atomic mass is 19.3. The van der Waals surface area contributed by atoms with E-state index in [1.165, 1.54) is 0 Å². The first-order valence-corrected chi connectivity index (χ1v) is 5.20. The second-order valence-electron chi connectivity index (χ2n) is 4.41. The van der Waals surface area contributed by atoms with Gasteiger partial charge in [0.15, 0.2) is 0 Å². The van der Waals surface area contributed by atoms with Crippen LogP contribution in [0.5, 0.6) is 0 Å². The van der Waals surface area contributed by atoms with Crippen molar-refractivity contribution in [3.63, 3.8) is 0 Å². The third kappa shape index (κ3) is 3.12. The number of nitrogens with one attached hydrogen (secondary N) is 1. The molecule has 88 valence electrons. The van der Waals surface area contributed by atoms with Crippen molar-refractivity contribution in [2.75, 3.05) is 6.61 Å². The molecule has 3 nitrogen and oxygen atoms in total. The Labute approximate surface area is 87.9 Å². The zero-order valence-electron chi connectivity index (χ0n) is 8.80. The molecule has 1 aliphatic carbocycles. The molecule has 0 spiro atoms. The summed E-state index contributed by atoms with van der Waals surface area (Å²) < 4.78 is 24.1. The molecule has 1 amide bonds. The van der Waals surface area contributed by atoms with Crippen LogP contribution in [-0.2, 0) is 4.79 Å². The van der Waals surface area contributed by atoms with Crippen molar-refractivity contribution in [3.8, 4) is 0 Å². The fraction of sp³-hybridized carbons (Fsp3) is 0.900. The van der Waals surface area contributed by atoms with Crippen LogP contribution in [0, 0.1) is 5.92 Å². The lowest BCUT2D eigenvalue weighted by atomic mass is 9.77. The normalized spacial score (nSPS) is 31.7. The number of amides is 1. The van der Waals surface area contributed by atoms with Crippen molar-refractivity contribution in [1.82, 2.24) is 5.32 Å². The van der Waals surface area contributed by atoms with E-state index in [0.717, 1.165) is 12.8 Å². The van der Waals surface area contributed by atoms with Crippen LogP contribution in [0.4, 0.5) is 8.78 Å². The molecule has 0 aliphatic heterocycles. The second kappa shape index (κ2) is 4.88. The van der Waals surface area contributed by atoms with Gasteiger partial charge in [0.05, 0.1) is 12.1 Å². The summed E-state index contributed by atoms with van der Waals surface area (Å²) in [5.41, 5.74) is -0.819. The van der Waals surface area contributed by atoms with Crippen LogP contribution in [-0.4, -0.2) is 29.6 Å². The number of halogens is 2. The minimum Gasteiger partial charge on any atom is -0.394 e.